The average molecular weight is 247 g/mol. The summed E-state index contributed by atoms with van der Waals surface area (Å²) in [5.41, 5.74) is 0. The molecule has 0 fully saturated rings. The normalized spacial score (nSPS) is 16.4. The molecule has 3 heteroatoms. The van der Waals surface area contributed by atoms with Crippen LogP contribution in [-0.2, 0) is 10.8 Å². The van der Waals surface area contributed by atoms with Crippen molar-refractivity contribution < 1.29 is 4.21 Å². The summed E-state index contributed by atoms with van der Waals surface area (Å²) in [6, 6.07) is 0.408. The van der Waals surface area contributed by atoms with Gasteiger partial charge in [-0.25, -0.2) is 0 Å². The van der Waals surface area contributed by atoms with E-state index in [1.165, 1.54) is 0 Å². The maximum atomic E-state index is 11.2. The molecule has 0 saturated carbocycles. The molecule has 0 aromatic carbocycles. The van der Waals surface area contributed by atoms with Crippen LogP contribution in [0, 0.1) is 17.8 Å². The highest BCUT2D eigenvalue weighted by atomic mass is 32.2. The number of hydrogen-bond acceptors (Lipinski definition) is 2. The first-order valence-electron chi connectivity index (χ1n) is 6.26. The molecule has 0 radical (unpaired) electrons. The Morgan fingerprint density at radius 2 is 1.50 bits per heavy atom. The summed E-state index contributed by atoms with van der Waals surface area (Å²) >= 11 is 0. The third-order valence-corrected chi connectivity index (χ3v) is 4.39. The molecule has 0 aromatic heterocycles. The van der Waals surface area contributed by atoms with Crippen LogP contribution in [0.3, 0.4) is 0 Å². The van der Waals surface area contributed by atoms with Gasteiger partial charge in [0, 0.05) is 35.4 Å². The molecule has 0 aliphatic heterocycles. The molecule has 0 rings (SSSR count). The van der Waals surface area contributed by atoms with E-state index < -0.39 is 10.8 Å². The number of nitrogens with zero attached hydrogens (tertiary/aromatic N) is 1. The van der Waals surface area contributed by atoms with Crippen LogP contribution in [0.2, 0.25) is 0 Å². The van der Waals surface area contributed by atoms with E-state index in [2.05, 4.69) is 46.6 Å². The highest BCUT2D eigenvalue weighted by molar-refractivity contribution is 7.84. The van der Waals surface area contributed by atoms with E-state index in [1.807, 2.05) is 0 Å². The minimum atomic E-state index is -0.694. The Bertz CT molecular complexity index is 208. The molecule has 2 atom stereocenters. The Hall–Kier alpha value is 0.110. The zero-order valence-corrected chi connectivity index (χ0v) is 12.8. The highest BCUT2D eigenvalue weighted by Gasteiger charge is 2.21. The molecule has 0 heterocycles. The van der Waals surface area contributed by atoms with Gasteiger partial charge in [-0.2, -0.15) is 0 Å². The zero-order chi connectivity index (χ0) is 12.9. The van der Waals surface area contributed by atoms with E-state index in [0.717, 1.165) is 18.2 Å². The summed E-state index contributed by atoms with van der Waals surface area (Å²) in [6.07, 6.45) is 1.78. The van der Waals surface area contributed by atoms with Gasteiger partial charge in [0.1, 0.15) is 0 Å². The Morgan fingerprint density at radius 3 is 1.81 bits per heavy atom. The minimum absolute atomic E-state index is 0.408. The van der Waals surface area contributed by atoms with Gasteiger partial charge in [0.05, 0.1) is 0 Å². The van der Waals surface area contributed by atoms with Crippen LogP contribution in [0.5, 0.6) is 0 Å². The molecule has 0 bridgehead atoms. The van der Waals surface area contributed by atoms with Crippen LogP contribution >= 0.6 is 0 Å². The minimum Gasteiger partial charge on any atom is -0.302 e. The SMILES string of the molecule is CC(C)C(CN(C)C(C)CS(C)=O)C(C)C. The fraction of sp³-hybridized carbons (Fsp3) is 1.00. The lowest BCUT2D eigenvalue weighted by Crippen LogP contribution is -2.39. The first-order chi connectivity index (χ1) is 7.25. The van der Waals surface area contributed by atoms with E-state index >= 15 is 0 Å². The van der Waals surface area contributed by atoms with Crippen molar-refractivity contribution in [3.05, 3.63) is 0 Å². The zero-order valence-electron chi connectivity index (χ0n) is 12.0. The largest absolute Gasteiger partial charge is 0.302 e. The van der Waals surface area contributed by atoms with Crippen molar-refractivity contribution in [3.63, 3.8) is 0 Å². The molecule has 0 N–H and O–H groups in total. The molecule has 0 aliphatic rings. The predicted octanol–water partition coefficient (Wildman–Crippen LogP) is 2.61. The van der Waals surface area contributed by atoms with Crippen molar-refractivity contribution in [2.45, 2.75) is 40.7 Å². The molecule has 2 unspecified atom stereocenters. The van der Waals surface area contributed by atoms with Gasteiger partial charge < -0.3 is 4.90 Å². The monoisotopic (exact) mass is 247 g/mol. The molecule has 0 saturated heterocycles. The maximum absolute atomic E-state index is 11.2. The quantitative estimate of drug-likeness (QED) is 0.689. The Labute approximate surface area is 104 Å². The fourth-order valence-corrected chi connectivity index (χ4v) is 3.10. The highest BCUT2D eigenvalue weighted by Crippen LogP contribution is 2.22. The molecule has 0 aromatic rings. The molecule has 0 aliphatic carbocycles. The van der Waals surface area contributed by atoms with E-state index in [4.69, 9.17) is 0 Å². The van der Waals surface area contributed by atoms with Crippen molar-refractivity contribution in [2.75, 3.05) is 25.6 Å². The third kappa shape index (κ3) is 6.00. The van der Waals surface area contributed by atoms with Crippen molar-refractivity contribution in [2.24, 2.45) is 17.8 Å². The van der Waals surface area contributed by atoms with Crippen molar-refractivity contribution in [1.29, 1.82) is 0 Å². The van der Waals surface area contributed by atoms with E-state index in [9.17, 15) is 4.21 Å². The van der Waals surface area contributed by atoms with Crippen LogP contribution < -0.4 is 0 Å². The maximum Gasteiger partial charge on any atom is 0.0385 e. The predicted molar refractivity (Wildman–Crippen MR) is 74.2 cm³/mol. The first kappa shape index (κ1) is 16.1. The lowest BCUT2D eigenvalue weighted by atomic mass is 9.85. The van der Waals surface area contributed by atoms with Gasteiger partial charge in [0.2, 0.25) is 0 Å². The molecular formula is C13H29NOS. The van der Waals surface area contributed by atoms with Gasteiger partial charge >= 0.3 is 0 Å². The summed E-state index contributed by atoms with van der Waals surface area (Å²) in [7, 11) is 1.45. The lowest BCUT2D eigenvalue weighted by Gasteiger charge is -2.33. The summed E-state index contributed by atoms with van der Waals surface area (Å²) in [6.45, 7) is 12.4. The van der Waals surface area contributed by atoms with E-state index in [0.29, 0.717) is 17.9 Å². The van der Waals surface area contributed by atoms with Crippen molar-refractivity contribution in [3.8, 4) is 0 Å². The standard InChI is InChI=1S/C13H29NOS/c1-10(2)13(11(3)4)8-14(6)12(5)9-16(7)15/h10-13H,8-9H2,1-7H3. The second kappa shape index (κ2) is 7.44. The Kier molecular flexibility index (Phi) is 7.49. The molecule has 16 heavy (non-hydrogen) atoms. The van der Waals surface area contributed by atoms with Gasteiger partial charge in [0.25, 0.3) is 0 Å². The van der Waals surface area contributed by atoms with Crippen LogP contribution in [0.1, 0.15) is 34.6 Å². The van der Waals surface area contributed by atoms with Gasteiger partial charge in [-0.1, -0.05) is 27.7 Å². The lowest BCUT2D eigenvalue weighted by molar-refractivity contribution is 0.167. The van der Waals surface area contributed by atoms with Gasteiger partial charge in [0.15, 0.2) is 0 Å². The topological polar surface area (TPSA) is 20.3 Å². The van der Waals surface area contributed by atoms with E-state index in [-0.39, 0.29) is 0 Å². The third-order valence-electron chi connectivity index (χ3n) is 3.44. The van der Waals surface area contributed by atoms with Gasteiger partial charge in [-0.15, -0.1) is 0 Å². The molecule has 0 spiro atoms. The van der Waals surface area contributed by atoms with E-state index in [1.54, 1.807) is 6.26 Å². The second-order valence-corrected chi connectivity index (χ2v) is 7.16. The van der Waals surface area contributed by atoms with Crippen molar-refractivity contribution in [1.82, 2.24) is 4.90 Å². The summed E-state index contributed by atoms with van der Waals surface area (Å²) in [5, 5.41) is 0. The number of hydrogen-bond donors (Lipinski definition) is 0. The second-order valence-electron chi connectivity index (χ2n) is 5.68. The molecule has 98 valence electrons. The summed E-state index contributed by atoms with van der Waals surface area (Å²) in [5.74, 6) is 2.92. The Morgan fingerprint density at radius 1 is 1.06 bits per heavy atom. The molecule has 0 amide bonds. The van der Waals surface area contributed by atoms with Crippen molar-refractivity contribution >= 4 is 10.8 Å². The first-order valence-corrected chi connectivity index (χ1v) is 7.98. The molecule has 2 nitrogen and oxygen atoms in total. The Balaban J connectivity index is 4.28. The smallest absolute Gasteiger partial charge is 0.0385 e. The van der Waals surface area contributed by atoms with Crippen LogP contribution in [0.4, 0.5) is 0 Å². The van der Waals surface area contributed by atoms with Crippen LogP contribution in [0.25, 0.3) is 0 Å². The van der Waals surface area contributed by atoms with Crippen LogP contribution in [-0.4, -0.2) is 40.8 Å². The van der Waals surface area contributed by atoms with Crippen LogP contribution in [0.15, 0.2) is 0 Å². The van der Waals surface area contributed by atoms with Gasteiger partial charge in [-0.3, -0.25) is 4.21 Å². The van der Waals surface area contributed by atoms with Gasteiger partial charge in [-0.05, 0) is 31.7 Å². The number of rotatable bonds is 7. The summed E-state index contributed by atoms with van der Waals surface area (Å²) < 4.78 is 11.2. The fourth-order valence-electron chi connectivity index (χ4n) is 2.17. The molecular weight excluding hydrogens is 218 g/mol. The summed E-state index contributed by atoms with van der Waals surface area (Å²) in [4.78, 5) is 2.35. The average Bonchev–Trinajstić information content (AvgIpc) is 2.11.